The Hall–Kier alpha value is -1.50. The van der Waals surface area contributed by atoms with E-state index in [-0.39, 0.29) is 0 Å². The van der Waals surface area contributed by atoms with Gasteiger partial charge in [0.15, 0.2) is 0 Å². The van der Waals surface area contributed by atoms with E-state index < -0.39 is 0 Å². The summed E-state index contributed by atoms with van der Waals surface area (Å²) >= 11 is 0. The van der Waals surface area contributed by atoms with Crippen LogP contribution in [-0.2, 0) is 0 Å². The van der Waals surface area contributed by atoms with Crippen LogP contribution in [0, 0.1) is 0 Å². The van der Waals surface area contributed by atoms with Gasteiger partial charge >= 0.3 is 0 Å². The average Bonchev–Trinajstić information content (AvgIpc) is 2.74. The second kappa shape index (κ2) is 17.6. The normalized spacial score (nSPS) is 10.5. The molecule has 0 N–H and O–H groups in total. The van der Waals surface area contributed by atoms with Crippen molar-refractivity contribution in [1.82, 2.24) is 0 Å². The van der Waals surface area contributed by atoms with E-state index in [2.05, 4.69) is 32.0 Å². The quantitative estimate of drug-likeness (QED) is 0.295. The van der Waals surface area contributed by atoms with Gasteiger partial charge in [-0.15, -0.1) is 0 Å². The zero-order valence-electron chi connectivity index (χ0n) is 18.8. The number of unbranched alkanes of at least 4 members (excludes halogenated alkanes) is 13. The SMILES string of the molecule is CCCCCCCCCCCCCCCC.COc1cccc2ccccc12. The van der Waals surface area contributed by atoms with Crippen LogP contribution in [0.1, 0.15) is 104 Å². The molecule has 0 unspecified atom stereocenters. The molecule has 0 spiro atoms. The van der Waals surface area contributed by atoms with Crippen molar-refractivity contribution in [3.63, 3.8) is 0 Å². The van der Waals surface area contributed by atoms with E-state index in [9.17, 15) is 0 Å². The van der Waals surface area contributed by atoms with E-state index in [1.165, 1.54) is 101 Å². The predicted molar refractivity (Wildman–Crippen MR) is 126 cm³/mol. The molecule has 1 heteroatoms. The van der Waals surface area contributed by atoms with Gasteiger partial charge in [-0.1, -0.05) is 140 Å². The minimum absolute atomic E-state index is 0.938. The molecule has 0 saturated heterocycles. The molecule has 0 heterocycles. The minimum Gasteiger partial charge on any atom is -0.496 e. The molecule has 0 aliphatic heterocycles. The van der Waals surface area contributed by atoms with Gasteiger partial charge in [-0.2, -0.15) is 0 Å². The Morgan fingerprint density at radius 1 is 0.536 bits per heavy atom. The first kappa shape index (κ1) is 24.5. The molecular formula is C27H44O. The summed E-state index contributed by atoms with van der Waals surface area (Å²) in [4.78, 5) is 0. The van der Waals surface area contributed by atoms with Crippen molar-refractivity contribution in [2.24, 2.45) is 0 Å². The molecule has 2 aromatic carbocycles. The van der Waals surface area contributed by atoms with E-state index in [1.54, 1.807) is 7.11 Å². The number of benzene rings is 2. The lowest BCUT2D eigenvalue weighted by molar-refractivity contribution is 0.420. The van der Waals surface area contributed by atoms with E-state index in [0.29, 0.717) is 0 Å². The standard InChI is InChI=1S/C16H34.C11H10O/c1-3-5-7-9-11-13-15-16-14-12-10-8-6-4-2;1-12-11-8-4-6-9-5-2-3-7-10(9)11/h3-16H2,1-2H3;2-8H,1H3. The smallest absolute Gasteiger partial charge is 0.126 e. The molecule has 0 fully saturated rings. The fourth-order valence-electron chi connectivity index (χ4n) is 3.64. The highest BCUT2D eigenvalue weighted by Gasteiger charge is 1.97. The van der Waals surface area contributed by atoms with Crippen molar-refractivity contribution < 1.29 is 4.74 Å². The predicted octanol–water partition coefficient (Wildman–Crippen LogP) is 9.34. The number of fused-ring (bicyclic) bond motifs is 1. The van der Waals surface area contributed by atoms with Crippen LogP contribution in [0.15, 0.2) is 42.5 Å². The van der Waals surface area contributed by atoms with Gasteiger partial charge in [0.05, 0.1) is 7.11 Å². The summed E-state index contributed by atoms with van der Waals surface area (Å²) in [6.45, 7) is 4.58. The van der Waals surface area contributed by atoms with Crippen LogP contribution in [0.4, 0.5) is 0 Å². The molecule has 0 amide bonds. The van der Waals surface area contributed by atoms with Gasteiger partial charge < -0.3 is 4.74 Å². The summed E-state index contributed by atoms with van der Waals surface area (Å²) in [6.07, 6.45) is 20.4. The van der Waals surface area contributed by atoms with E-state index in [1.807, 2.05) is 24.3 Å². The zero-order valence-corrected chi connectivity index (χ0v) is 18.8. The zero-order chi connectivity index (χ0) is 20.3. The Labute approximate surface area is 174 Å². The maximum atomic E-state index is 5.23. The van der Waals surface area contributed by atoms with Gasteiger partial charge in [-0.25, -0.2) is 0 Å². The fourth-order valence-corrected chi connectivity index (χ4v) is 3.64. The first-order chi connectivity index (χ1) is 13.8. The molecule has 1 nitrogen and oxygen atoms in total. The Balaban J connectivity index is 0.000000289. The summed E-state index contributed by atoms with van der Waals surface area (Å²) in [5.74, 6) is 0.938. The van der Waals surface area contributed by atoms with Crippen LogP contribution in [0.25, 0.3) is 10.8 Å². The molecule has 0 aliphatic carbocycles. The van der Waals surface area contributed by atoms with Gasteiger partial charge in [0, 0.05) is 5.39 Å². The lowest BCUT2D eigenvalue weighted by Crippen LogP contribution is -1.83. The summed E-state index contributed by atoms with van der Waals surface area (Å²) in [6, 6.07) is 14.2. The van der Waals surface area contributed by atoms with E-state index in [4.69, 9.17) is 4.74 Å². The Morgan fingerprint density at radius 2 is 0.964 bits per heavy atom. The second-order valence-corrected chi connectivity index (χ2v) is 7.92. The van der Waals surface area contributed by atoms with Crippen LogP contribution in [0.3, 0.4) is 0 Å². The van der Waals surface area contributed by atoms with Gasteiger partial charge in [-0.3, -0.25) is 0 Å². The van der Waals surface area contributed by atoms with Gasteiger partial charge in [0.25, 0.3) is 0 Å². The largest absolute Gasteiger partial charge is 0.496 e. The summed E-state index contributed by atoms with van der Waals surface area (Å²) in [7, 11) is 1.70. The van der Waals surface area contributed by atoms with E-state index in [0.717, 1.165) is 5.75 Å². The lowest BCUT2D eigenvalue weighted by atomic mass is 10.0. The number of methoxy groups -OCH3 is 1. The maximum Gasteiger partial charge on any atom is 0.126 e. The highest BCUT2D eigenvalue weighted by molar-refractivity contribution is 5.88. The molecular weight excluding hydrogens is 340 g/mol. The maximum absolute atomic E-state index is 5.23. The highest BCUT2D eigenvalue weighted by atomic mass is 16.5. The van der Waals surface area contributed by atoms with Crippen molar-refractivity contribution >= 4 is 10.8 Å². The van der Waals surface area contributed by atoms with Crippen molar-refractivity contribution in [3.8, 4) is 5.75 Å². The molecule has 0 radical (unpaired) electrons. The number of rotatable bonds is 14. The number of hydrogen-bond donors (Lipinski definition) is 0. The number of hydrogen-bond acceptors (Lipinski definition) is 1. The molecule has 2 aromatic rings. The van der Waals surface area contributed by atoms with Gasteiger partial charge in [0.2, 0.25) is 0 Å². The molecule has 28 heavy (non-hydrogen) atoms. The Kier molecular flexibility index (Phi) is 15.4. The fraction of sp³-hybridized carbons (Fsp3) is 0.630. The van der Waals surface area contributed by atoms with Crippen LogP contribution >= 0.6 is 0 Å². The monoisotopic (exact) mass is 384 g/mol. The first-order valence-corrected chi connectivity index (χ1v) is 11.8. The van der Waals surface area contributed by atoms with Crippen molar-refractivity contribution in [2.75, 3.05) is 7.11 Å². The second-order valence-electron chi connectivity index (χ2n) is 7.92. The molecule has 2 rings (SSSR count). The molecule has 0 saturated carbocycles. The molecule has 0 atom stereocenters. The summed E-state index contributed by atoms with van der Waals surface area (Å²) in [5.41, 5.74) is 0. The van der Waals surface area contributed by atoms with Gasteiger partial charge in [-0.05, 0) is 11.5 Å². The molecule has 0 bridgehead atoms. The third-order valence-electron chi connectivity index (χ3n) is 5.43. The van der Waals surface area contributed by atoms with Crippen molar-refractivity contribution in [1.29, 1.82) is 0 Å². The summed E-state index contributed by atoms with van der Waals surface area (Å²) in [5, 5.41) is 2.39. The van der Waals surface area contributed by atoms with Crippen LogP contribution in [0.5, 0.6) is 5.75 Å². The average molecular weight is 385 g/mol. The third kappa shape index (κ3) is 11.4. The highest BCUT2D eigenvalue weighted by Crippen LogP contribution is 2.24. The minimum atomic E-state index is 0.938. The van der Waals surface area contributed by atoms with Crippen LogP contribution in [0.2, 0.25) is 0 Å². The Morgan fingerprint density at radius 3 is 1.43 bits per heavy atom. The van der Waals surface area contributed by atoms with Crippen molar-refractivity contribution in [2.45, 2.75) is 104 Å². The topological polar surface area (TPSA) is 9.23 Å². The molecule has 0 aliphatic rings. The van der Waals surface area contributed by atoms with Gasteiger partial charge in [0.1, 0.15) is 5.75 Å². The van der Waals surface area contributed by atoms with Crippen LogP contribution in [-0.4, -0.2) is 7.11 Å². The molecule has 0 aromatic heterocycles. The van der Waals surface area contributed by atoms with Crippen LogP contribution < -0.4 is 4.74 Å². The first-order valence-electron chi connectivity index (χ1n) is 11.8. The van der Waals surface area contributed by atoms with E-state index >= 15 is 0 Å². The van der Waals surface area contributed by atoms with Crippen molar-refractivity contribution in [3.05, 3.63) is 42.5 Å². The number of ether oxygens (including phenoxy) is 1. The lowest BCUT2D eigenvalue weighted by Gasteiger charge is -2.03. The Bertz CT molecular complexity index is 570. The summed E-state index contributed by atoms with van der Waals surface area (Å²) < 4.78 is 5.23. The molecule has 158 valence electrons. The third-order valence-corrected chi connectivity index (χ3v) is 5.43.